The third-order valence-corrected chi connectivity index (χ3v) is 4.31. The van der Waals surface area contributed by atoms with Gasteiger partial charge < -0.3 is 10.4 Å². The second kappa shape index (κ2) is 6.61. The first-order chi connectivity index (χ1) is 7.56. The first kappa shape index (κ1) is 14.0. The van der Waals surface area contributed by atoms with Crippen molar-refractivity contribution in [3.05, 3.63) is 0 Å². The van der Waals surface area contributed by atoms with Crippen molar-refractivity contribution < 1.29 is 5.11 Å². The van der Waals surface area contributed by atoms with E-state index in [0.717, 1.165) is 25.4 Å². The largest absolute Gasteiger partial charge is 0.389 e. The number of rotatable bonds is 6. The minimum absolute atomic E-state index is 0.367. The molecule has 0 bridgehead atoms. The van der Waals surface area contributed by atoms with Crippen LogP contribution in [0.5, 0.6) is 0 Å². The number of hydrogen-bond acceptors (Lipinski definition) is 2. The van der Waals surface area contributed by atoms with Gasteiger partial charge in [0.2, 0.25) is 0 Å². The molecule has 2 nitrogen and oxygen atoms in total. The Balaban J connectivity index is 2.18. The van der Waals surface area contributed by atoms with Crippen LogP contribution in [-0.2, 0) is 0 Å². The van der Waals surface area contributed by atoms with Crippen molar-refractivity contribution in [3.63, 3.8) is 0 Å². The lowest BCUT2D eigenvalue weighted by atomic mass is 9.87. The lowest BCUT2D eigenvalue weighted by Crippen LogP contribution is -2.44. The monoisotopic (exact) mass is 227 g/mol. The highest BCUT2D eigenvalue weighted by molar-refractivity contribution is 4.81. The third-order valence-electron chi connectivity index (χ3n) is 4.31. The number of hydrogen-bond donors (Lipinski definition) is 2. The maximum absolute atomic E-state index is 10.2. The standard InChI is InChI=1S/C14H29NO/c1-4-12(2)14(3,16)11-15-10-13-8-6-5-7-9-13/h12-13,15-16H,4-11H2,1-3H3. The zero-order valence-corrected chi connectivity index (χ0v) is 11.3. The van der Waals surface area contributed by atoms with E-state index in [1.54, 1.807) is 0 Å². The van der Waals surface area contributed by atoms with Crippen LogP contribution in [0.4, 0.5) is 0 Å². The van der Waals surface area contributed by atoms with Gasteiger partial charge in [0.1, 0.15) is 0 Å². The predicted octanol–water partition coefficient (Wildman–Crippen LogP) is 2.95. The van der Waals surface area contributed by atoms with Gasteiger partial charge in [-0.25, -0.2) is 0 Å². The summed E-state index contributed by atoms with van der Waals surface area (Å²) in [5, 5.41) is 13.7. The Bertz CT molecular complexity index is 185. The van der Waals surface area contributed by atoms with Crippen molar-refractivity contribution in [3.8, 4) is 0 Å². The summed E-state index contributed by atoms with van der Waals surface area (Å²) in [5.74, 6) is 1.22. The molecule has 1 aliphatic rings. The van der Waals surface area contributed by atoms with E-state index in [4.69, 9.17) is 0 Å². The van der Waals surface area contributed by atoms with Gasteiger partial charge in [-0.3, -0.25) is 0 Å². The van der Waals surface area contributed by atoms with Crippen LogP contribution >= 0.6 is 0 Å². The van der Waals surface area contributed by atoms with Crippen LogP contribution in [-0.4, -0.2) is 23.8 Å². The zero-order chi connectivity index (χ0) is 12.0. The summed E-state index contributed by atoms with van der Waals surface area (Å²) in [5.41, 5.74) is -0.552. The molecule has 2 heteroatoms. The van der Waals surface area contributed by atoms with E-state index in [9.17, 15) is 5.11 Å². The van der Waals surface area contributed by atoms with Crippen molar-refractivity contribution in [2.24, 2.45) is 11.8 Å². The Hall–Kier alpha value is -0.0800. The van der Waals surface area contributed by atoms with Gasteiger partial charge >= 0.3 is 0 Å². The molecule has 0 aliphatic heterocycles. The Morgan fingerprint density at radius 3 is 2.50 bits per heavy atom. The topological polar surface area (TPSA) is 32.3 Å². The first-order valence-corrected chi connectivity index (χ1v) is 6.99. The third kappa shape index (κ3) is 4.42. The fraction of sp³-hybridized carbons (Fsp3) is 1.00. The van der Waals surface area contributed by atoms with Gasteiger partial charge in [-0.2, -0.15) is 0 Å². The molecule has 0 saturated heterocycles. The number of nitrogens with one attached hydrogen (secondary N) is 1. The van der Waals surface area contributed by atoms with E-state index in [-0.39, 0.29) is 0 Å². The normalized spacial score (nSPS) is 24.0. The van der Waals surface area contributed by atoms with E-state index in [0.29, 0.717) is 5.92 Å². The first-order valence-electron chi connectivity index (χ1n) is 6.99. The highest BCUT2D eigenvalue weighted by Gasteiger charge is 2.26. The lowest BCUT2D eigenvalue weighted by molar-refractivity contribution is 0.00470. The molecule has 0 radical (unpaired) electrons. The molecule has 0 amide bonds. The summed E-state index contributed by atoms with van der Waals surface area (Å²) in [4.78, 5) is 0. The van der Waals surface area contributed by atoms with Gasteiger partial charge in [-0.1, -0.05) is 39.5 Å². The maximum atomic E-state index is 10.2. The minimum Gasteiger partial charge on any atom is -0.389 e. The van der Waals surface area contributed by atoms with Crippen LogP contribution in [0.15, 0.2) is 0 Å². The molecule has 0 aromatic rings. The van der Waals surface area contributed by atoms with Crippen LogP contribution in [0.3, 0.4) is 0 Å². The Morgan fingerprint density at radius 2 is 1.94 bits per heavy atom. The summed E-state index contributed by atoms with van der Waals surface area (Å²) >= 11 is 0. The Morgan fingerprint density at radius 1 is 1.31 bits per heavy atom. The highest BCUT2D eigenvalue weighted by atomic mass is 16.3. The molecule has 0 spiro atoms. The molecule has 2 unspecified atom stereocenters. The summed E-state index contributed by atoms with van der Waals surface area (Å²) in [6, 6.07) is 0. The quantitative estimate of drug-likeness (QED) is 0.731. The fourth-order valence-electron chi connectivity index (χ4n) is 2.53. The van der Waals surface area contributed by atoms with Crippen molar-refractivity contribution >= 4 is 0 Å². The Kier molecular flexibility index (Phi) is 5.77. The van der Waals surface area contributed by atoms with Crippen molar-refractivity contribution in [1.29, 1.82) is 0 Å². The molecule has 16 heavy (non-hydrogen) atoms. The molecular formula is C14H29NO. The fourth-order valence-corrected chi connectivity index (χ4v) is 2.53. The van der Waals surface area contributed by atoms with Gasteiger partial charge in [-0.05, 0) is 38.1 Å². The lowest BCUT2D eigenvalue weighted by Gasteiger charge is -2.31. The molecule has 1 aliphatic carbocycles. The van der Waals surface area contributed by atoms with E-state index >= 15 is 0 Å². The van der Waals surface area contributed by atoms with Gasteiger partial charge in [0.05, 0.1) is 5.60 Å². The van der Waals surface area contributed by atoms with Crippen LogP contribution in [0.2, 0.25) is 0 Å². The molecule has 2 atom stereocenters. The highest BCUT2D eigenvalue weighted by Crippen LogP contribution is 2.23. The molecule has 1 fully saturated rings. The minimum atomic E-state index is -0.552. The van der Waals surface area contributed by atoms with Crippen LogP contribution < -0.4 is 5.32 Å². The average Bonchev–Trinajstić information content (AvgIpc) is 2.29. The number of aliphatic hydroxyl groups is 1. The molecule has 1 rings (SSSR count). The summed E-state index contributed by atoms with van der Waals surface area (Å²) < 4.78 is 0. The van der Waals surface area contributed by atoms with E-state index in [1.165, 1.54) is 32.1 Å². The van der Waals surface area contributed by atoms with Crippen molar-refractivity contribution in [1.82, 2.24) is 5.32 Å². The molecule has 0 heterocycles. The van der Waals surface area contributed by atoms with E-state index in [1.807, 2.05) is 6.92 Å². The Labute approximate surface area is 101 Å². The summed E-state index contributed by atoms with van der Waals surface area (Å²) in [6.07, 6.45) is 8.00. The van der Waals surface area contributed by atoms with Gasteiger partial charge in [-0.15, -0.1) is 0 Å². The zero-order valence-electron chi connectivity index (χ0n) is 11.3. The van der Waals surface area contributed by atoms with Gasteiger partial charge in [0.15, 0.2) is 0 Å². The van der Waals surface area contributed by atoms with Crippen LogP contribution in [0, 0.1) is 11.8 Å². The average molecular weight is 227 g/mol. The molecule has 1 saturated carbocycles. The molecule has 96 valence electrons. The molecular weight excluding hydrogens is 198 g/mol. The smallest absolute Gasteiger partial charge is 0.0768 e. The van der Waals surface area contributed by atoms with Crippen molar-refractivity contribution in [2.45, 2.75) is 64.9 Å². The van der Waals surface area contributed by atoms with Crippen molar-refractivity contribution in [2.75, 3.05) is 13.1 Å². The molecule has 0 aromatic carbocycles. The molecule has 2 N–H and O–H groups in total. The second-order valence-corrected chi connectivity index (χ2v) is 5.80. The SMILES string of the molecule is CCC(C)C(C)(O)CNCC1CCCCC1. The molecule has 0 aromatic heterocycles. The van der Waals surface area contributed by atoms with Crippen LogP contribution in [0.25, 0.3) is 0 Å². The van der Waals surface area contributed by atoms with Crippen LogP contribution in [0.1, 0.15) is 59.3 Å². The summed E-state index contributed by atoms with van der Waals surface area (Å²) in [6.45, 7) is 8.04. The van der Waals surface area contributed by atoms with Gasteiger partial charge in [0.25, 0.3) is 0 Å². The summed E-state index contributed by atoms with van der Waals surface area (Å²) in [7, 11) is 0. The van der Waals surface area contributed by atoms with E-state index in [2.05, 4.69) is 19.2 Å². The van der Waals surface area contributed by atoms with Gasteiger partial charge in [0, 0.05) is 6.54 Å². The van der Waals surface area contributed by atoms with E-state index < -0.39 is 5.60 Å². The second-order valence-electron chi connectivity index (χ2n) is 5.80. The predicted molar refractivity (Wildman–Crippen MR) is 69.5 cm³/mol. The maximum Gasteiger partial charge on any atom is 0.0768 e.